The van der Waals surface area contributed by atoms with Gasteiger partial charge in [0.25, 0.3) is 5.69 Å². The zero-order valence-corrected chi connectivity index (χ0v) is 19.4. The first-order valence-electron chi connectivity index (χ1n) is 11.9. The standard InChI is InChI=1S/C26H26N4O5/c1-35-20-7-4-18(5-8-20)27-10-12-28(13-11-27)21-9-6-19(15-22(21)30(33)34)29-25(31)23-16-2-3-17(14-16)24(23)26(29)32/h2-9,15-17,23-24H,10-14H2,1H3/t16-,17-,23-,24+/m0/s1. The quantitative estimate of drug-likeness (QED) is 0.284. The largest absolute Gasteiger partial charge is 0.497 e. The van der Waals surface area contributed by atoms with Crippen LogP contribution in [-0.4, -0.2) is 50.0 Å². The number of rotatable bonds is 5. The molecule has 2 bridgehead atoms. The number of nitrogens with zero attached hydrogens (tertiary/aromatic N) is 4. The van der Waals surface area contributed by atoms with Crippen molar-refractivity contribution >= 4 is 34.6 Å². The third-order valence-corrected chi connectivity index (χ3v) is 7.94. The molecule has 9 nitrogen and oxygen atoms in total. The van der Waals surface area contributed by atoms with E-state index in [1.54, 1.807) is 19.2 Å². The molecule has 0 spiro atoms. The SMILES string of the molecule is COc1ccc(N2CCN(c3ccc(N4C(=O)[C@@H]5[C@H](C4=O)[C@H]4C=C[C@H]5C4)cc3[N+](=O)[O-])CC2)cc1. The molecule has 2 saturated heterocycles. The molecule has 2 heterocycles. The van der Waals surface area contributed by atoms with Crippen molar-refractivity contribution < 1.29 is 19.2 Å². The average Bonchev–Trinajstić information content (AvgIpc) is 3.57. The second kappa shape index (κ2) is 8.11. The Balaban J connectivity index is 1.22. The van der Waals surface area contributed by atoms with Crippen molar-refractivity contribution in [2.24, 2.45) is 23.7 Å². The maximum Gasteiger partial charge on any atom is 0.294 e. The number of allylic oxidation sites excluding steroid dienone is 2. The van der Waals surface area contributed by atoms with Gasteiger partial charge in [-0.15, -0.1) is 0 Å². The summed E-state index contributed by atoms with van der Waals surface area (Å²) in [6, 6.07) is 12.6. The molecule has 4 atom stereocenters. The lowest BCUT2D eigenvalue weighted by Gasteiger charge is -2.37. The summed E-state index contributed by atoms with van der Waals surface area (Å²) in [4.78, 5) is 43.3. The Morgan fingerprint density at radius 1 is 0.857 bits per heavy atom. The minimum Gasteiger partial charge on any atom is -0.497 e. The Labute approximate surface area is 202 Å². The predicted octanol–water partition coefficient (Wildman–Crippen LogP) is 3.24. The van der Waals surface area contributed by atoms with Crippen LogP contribution >= 0.6 is 0 Å². The fraction of sp³-hybridized carbons (Fsp3) is 0.385. The van der Waals surface area contributed by atoms with Gasteiger partial charge in [0.1, 0.15) is 11.4 Å². The van der Waals surface area contributed by atoms with Gasteiger partial charge < -0.3 is 14.5 Å². The first kappa shape index (κ1) is 21.6. The maximum atomic E-state index is 13.1. The van der Waals surface area contributed by atoms with Gasteiger partial charge in [-0.2, -0.15) is 0 Å². The highest BCUT2D eigenvalue weighted by Crippen LogP contribution is 2.53. The molecule has 0 unspecified atom stereocenters. The van der Waals surface area contributed by atoms with Crippen LogP contribution in [0.5, 0.6) is 5.75 Å². The van der Waals surface area contributed by atoms with Gasteiger partial charge in [0.05, 0.1) is 29.6 Å². The van der Waals surface area contributed by atoms with Crippen molar-refractivity contribution in [1.29, 1.82) is 0 Å². The van der Waals surface area contributed by atoms with E-state index in [-0.39, 0.29) is 41.2 Å². The smallest absolute Gasteiger partial charge is 0.294 e. The van der Waals surface area contributed by atoms with Crippen LogP contribution in [0.3, 0.4) is 0 Å². The number of carbonyl (C=O) groups excluding carboxylic acids is 2. The molecule has 35 heavy (non-hydrogen) atoms. The lowest BCUT2D eigenvalue weighted by Crippen LogP contribution is -2.46. The molecule has 2 aliphatic heterocycles. The molecule has 3 fully saturated rings. The average molecular weight is 475 g/mol. The first-order chi connectivity index (χ1) is 17.0. The Morgan fingerprint density at radius 2 is 1.43 bits per heavy atom. The molecule has 2 aromatic carbocycles. The first-order valence-corrected chi connectivity index (χ1v) is 11.9. The van der Waals surface area contributed by atoms with Gasteiger partial charge in [-0.1, -0.05) is 12.2 Å². The molecule has 180 valence electrons. The van der Waals surface area contributed by atoms with Crippen molar-refractivity contribution in [1.82, 2.24) is 0 Å². The lowest BCUT2D eigenvalue weighted by molar-refractivity contribution is -0.384. The summed E-state index contributed by atoms with van der Waals surface area (Å²) in [5.74, 6) is -0.125. The second-order valence-electron chi connectivity index (χ2n) is 9.61. The molecule has 4 aliphatic rings. The molecule has 0 radical (unpaired) electrons. The summed E-state index contributed by atoms with van der Waals surface area (Å²) >= 11 is 0. The number of benzene rings is 2. The van der Waals surface area contributed by atoms with E-state index in [1.807, 2.05) is 41.3 Å². The van der Waals surface area contributed by atoms with Crippen molar-refractivity contribution in [3.05, 3.63) is 64.7 Å². The van der Waals surface area contributed by atoms with Crippen LogP contribution in [0.2, 0.25) is 0 Å². The van der Waals surface area contributed by atoms with E-state index in [0.717, 1.165) is 17.9 Å². The summed E-state index contributed by atoms with van der Waals surface area (Å²) in [6.07, 6.45) is 4.93. The van der Waals surface area contributed by atoms with Crippen molar-refractivity contribution in [2.75, 3.05) is 48.0 Å². The normalized spacial score (nSPS) is 27.1. The second-order valence-corrected chi connectivity index (χ2v) is 9.61. The van der Waals surface area contributed by atoms with Crippen LogP contribution in [0.4, 0.5) is 22.7 Å². The Kier molecular flexibility index (Phi) is 5.01. The summed E-state index contributed by atoms with van der Waals surface area (Å²) in [7, 11) is 1.63. The highest BCUT2D eigenvalue weighted by atomic mass is 16.6. The lowest BCUT2D eigenvalue weighted by atomic mass is 9.85. The topological polar surface area (TPSA) is 96.2 Å². The highest BCUT2D eigenvalue weighted by molar-refractivity contribution is 6.23. The zero-order chi connectivity index (χ0) is 24.3. The van der Waals surface area contributed by atoms with E-state index in [2.05, 4.69) is 4.90 Å². The molecule has 0 N–H and O–H groups in total. The van der Waals surface area contributed by atoms with Gasteiger partial charge in [-0.05, 0) is 54.7 Å². The maximum absolute atomic E-state index is 13.1. The number of ether oxygens (including phenoxy) is 1. The minimum atomic E-state index is -0.425. The number of anilines is 3. The Bertz CT molecular complexity index is 1200. The molecule has 1 saturated carbocycles. The van der Waals surface area contributed by atoms with E-state index < -0.39 is 4.92 Å². The predicted molar refractivity (Wildman–Crippen MR) is 131 cm³/mol. The summed E-state index contributed by atoms with van der Waals surface area (Å²) in [6.45, 7) is 2.67. The van der Waals surface area contributed by atoms with Crippen LogP contribution in [0.25, 0.3) is 0 Å². The number of nitro benzene ring substituents is 1. The molecular weight excluding hydrogens is 448 g/mol. The van der Waals surface area contributed by atoms with Gasteiger partial charge in [0, 0.05) is 37.9 Å². The number of imide groups is 1. The number of hydrogen-bond donors (Lipinski definition) is 0. The summed E-state index contributed by atoms with van der Waals surface area (Å²) in [5, 5.41) is 12.0. The van der Waals surface area contributed by atoms with Crippen LogP contribution in [-0.2, 0) is 9.59 Å². The monoisotopic (exact) mass is 474 g/mol. The van der Waals surface area contributed by atoms with Crippen molar-refractivity contribution in [3.63, 3.8) is 0 Å². The number of amides is 2. The van der Waals surface area contributed by atoms with Gasteiger partial charge in [-0.25, -0.2) is 4.90 Å². The minimum absolute atomic E-state index is 0.0841. The fourth-order valence-electron chi connectivity index (χ4n) is 6.22. The van der Waals surface area contributed by atoms with Gasteiger partial charge >= 0.3 is 0 Å². The number of fused-ring (bicyclic) bond motifs is 5. The number of carbonyl (C=O) groups is 2. The number of hydrogen-bond acceptors (Lipinski definition) is 7. The molecule has 6 rings (SSSR count). The van der Waals surface area contributed by atoms with Crippen LogP contribution in [0.1, 0.15) is 6.42 Å². The number of nitro groups is 1. The van der Waals surface area contributed by atoms with Crippen LogP contribution in [0, 0.1) is 33.8 Å². The zero-order valence-electron chi connectivity index (χ0n) is 19.4. The van der Waals surface area contributed by atoms with E-state index in [9.17, 15) is 19.7 Å². The fourth-order valence-corrected chi connectivity index (χ4v) is 6.22. The Hall–Kier alpha value is -3.88. The van der Waals surface area contributed by atoms with E-state index in [0.29, 0.717) is 37.6 Å². The Morgan fingerprint density at radius 3 is 2.00 bits per heavy atom. The van der Waals surface area contributed by atoms with E-state index in [1.165, 1.54) is 11.0 Å². The molecular formula is C26H26N4O5. The number of piperazine rings is 1. The van der Waals surface area contributed by atoms with Crippen molar-refractivity contribution in [3.8, 4) is 5.75 Å². The molecule has 2 aromatic rings. The molecule has 2 aliphatic carbocycles. The number of methoxy groups -OCH3 is 1. The third-order valence-electron chi connectivity index (χ3n) is 7.94. The molecule has 0 aromatic heterocycles. The van der Waals surface area contributed by atoms with Gasteiger partial charge in [-0.3, -0.25) is 19.7 Å². The van der Waals surface area contributed by atoms with Gasteiger partial charge in [0.2, 0.25) is 11.8 Å². The highest BCUT2D eigenvalue weighted by Gasteiger charge is 2.59. The summed E-state index contributed by atoms with van der Waals surface area (Å²) in [5.41, 5.74) is 1.80. The van der Waals surface area contributed by atoms with Crippen LogP contribution in [0.15, 0.2) is 54.6 Å². The third kappa shape index (κ3) is 3.37. The van der Waals surface area contributed by atoms with Gasteiger partial charge in [0.15, 0.2) is 0 Å². The van der Waals surface area contributed by atoms with E-state index >= 15 is 0 Å². The molecule has 2 amide bonds. The van der Waals surface area contributed by atoms with Crippen LogP contribution < -0.4 is 19.4 Å². The van der Waals surface area contributed by atoms with Crippen molar-refractivity contribution in [2.45, 2.75) is 6.42 Å². The summed E-state index contributed by atoms with van der Waals surface area (Å²) < 4.78 is 5.22. The molecule has 9 heteroatoms. The van der Waals surface area contributed by atoms with E-state index in [4.69, 9.17) is 4.74 Å².